The molecule has 1 aromatic heterocycles. The molecule has 5 rings (SSSR count). The minimum Gasteiger partial charge on any atom is -0.343 e. The highest BCUT2D eigenvalue weighted by Crippen LogP contribution is 2.43. The topological polar surface area (TPSA) is 118 Å². The molecule has 0 spiro atoms. The van der Waals surface area contributed by atoms with E-state index in [0.717, 1.165) is 11.3 Å². The summed E-state index contributed by atoms with van der Waals surface area (Å²) in [6.45, 7) is 0. The maximum Gasteiger partial charge on any atom is 0.269 e. The molecular formula is C24H19FN4O4S. The Hall–Kier alpha value is -3.79. The summed E-state index contributed by atoms with van der Waals surface area (Å²) >= 11 is 1.29. The van der Waals surface area contributed by atoms with Gasteiger partial charge in [-0.05, 0) is 36.1 Å². The van der Waals surface area contributed by atoms with E-state index in [2.05, 4.69) is 15.3 Å². The third kappa shape index (κ3) is 4.12. The first-order valence-electron chi connectivity index (χ1n) is 10.7. The number of aromatic amines is 1. The van der Waals surface area contributed by atoms with Crippen molar-refractivity contribution >= 4 is 29.1 Å². The number of hydrogen-bond acceptors (Lipinski definition) is 7. The van der Waals surface area contributed by atoms with Gasteiger partial charge in [0.15, 0.2) is 10.9 Å². The van der Waals surface area contributed by atoms with Crippen LogP contribution in [0.15, 0.2) is 69.8 Å². The van der Waals surface area contributed by atoms with E-state index in [1.54, 1.807) is 24.3 Å². The summed E-state index contributed by atoms with van der Waals surface area (Å²) in [5, 5.41) is 14.4. The van der Waals surface area contributed by atoms with Crippen LogP contribution in [0.2, 0.25) is 0 Å². The number of nitrogens with one attached hydrogen (secondary N) is 2. The van der Waals surface area contributed by atoms with Crippen LogP contribution in [0.4, 0.5) is 15.9 Å². The van der Waals surface area contributed by atoms with Crippen molar-refractivity contribution < 1.29 is 14.1 Å². The molecule has 8 nitrogen and oxygen atoms in total. The first-order chi connectivity index (χ1) is 16.4. The number of hydrogen-bond donors (Lipinski definition) is 2. The summed E-state index contributed by atoms with van der Waals surface area (Å²) in [5.41, 5.74) is 2.77. The predicted octanol–water partition coefficient (Wildman–Crippen LogP) is 4.67. The van der Waals surface area contributed by atoms with Crippen LogP contribution in [0.25, 0.3) is 0 Å². The molecule has 1 atom stereocenters. The van der Waals surface area contributed by atoms with Crippen molar-refractivity contribution in [3.05, 3.63) is 103 Å². The van der Waals surface area contributed by atoms with E-state index in [-0.39, 0.29) is 17.0 Å². The van der Waals surface area contributed by atoms with E-state index in [4.69, 9.17) is 0 Å². The van der Waals surface area contributed by atoms with Crippen molar-refractivity contribution in [1.82, 2.24) is 9.97 Å². The van der Waals surface area contributed by atoms with E-state index >= 15 is 0 Å². The molecule has 1 aliphatic heterocycles. The lowest BCUT2D eigenvalue weighted by Crippen LogP contribution is -2.32. The Bertz CT molecular complexity index is 1380. The molecule has 0 amide bonds. The van der Waals surface area contributed by atoms with Crippen molar-refractivity contribution in [3.63, 3.8) is 0 Å². The number of ketones is 1. The van der Waals surface area contributed by atoms with Gasteiger partial charge in [-0.25, -0.2) is 9.37 Å². The Morgan fingerprint density at radius 2 is 1.82 bits per heavy atom. The fourth-order valence-corrected chi connectivity index (χ4v) is 5.18. The Morgan fingerprint density at radius 3 is 2.53 bits per heavy atom. The number of nitrogens with zero attached hydrogens (tertiary/aromatic N) is 2. The van der Waals surface area contributed by atoms with Crippen molar-refractivity contribution in [3.8, 4) is 0 Å². The standard InChI is InChI=1S/C24H19FN4O4S/c25-15-8-6-14(7-9-15)19-20-17(2-1-3-18(20)30)26-22-21(19)23(31)28-24(27-22)34-12-13-4-10-16(11-5-13)29(32)33/h4-11,19H,1-3,12H2,(H2,26,27,28,31). The van der Waals surface area contributed by atoms with Gasteiger partial charge in [0.1, 0.15) is 11.6 Å². The second-order valence-electron chi connectivity index (χ2n) is 8.12. The van der Waals surface area contributed by atoms with Gasteiger partial charge in [0, 0.05) is 41.5 Å². The number of allylic oxidation sites excluding steroid dienone is 2. The van der Waals surface area contributed by atoms with Crippen LogP contribution < -0.4 is 10.9 Å². The lowest BCUT2D eigenvalue weighted by atomic mass is 9.76. The molecule has 1 aliphatic carbocycles. The largest absolute Gasteiger partial charge is 0.343 e. The quantitative estimate of drug-likeness (QED) is 0.237. The highest BCUT2D eigenvalue weighted by atomic mass is 32.2. The second kappa shape index (κ2) is 8.86. The average molecular weight is 479 g/mol. The maximum absolute atomic E-state index is 13.6. The molecule has 2 aromatic carbocycles. The summed E-state index contributed by atoms with van der Waals surface area (Å²) in [6, 6.07) is 12.0. The molecule has 172 valence electrons. The zero-order chi connectivity index (χ0) is 23.8. The van der Waals surface area contributed by atoms with Crippen molar-refractivity contribution in [2.24, 2.45) is 0 Å². The fraction of sp³-hybridized carbons (Fsp3) is 0.208. The summed E-state index contributed by atoms with van der Waals surface area (Å²) in [7, 11) is 0. The second-order valence-corrected chi connectivity index (χ2v) is 9.09. The molecule has 1 unspecified atom stereocenters. The van der Waals surface area contributed by atoms with Gasteiger partial charge in [0.2, 0.25) is 0 Å². The first-order valence-corrected chi connectivity index (χ1v) is 11.7. The molecule has 0 radical (unpaired) electrons. The smallest absolute Gasteiger partial charge is 0.269 e. The van der Waals surface area contributed by atoms with Crippen LogP contribution in [0, 0.1) is 15.9 Å². The molecule has 2 aliphatic rings. The normalized spacial score (nSPS) is 17.1. The number of nitro benzene ring substituents is 1. The highest BCUT2D eigenvalue weighted by molar-refractivity contribution is 7.98. The lowest BCUT2D eigenvalue weighted by Gasteiger charge is -2.32. The van der Waals surface area contributed by atoms with E-state index in [0.29, 0.717) is 52.7 Å². The molecule has 3 aromatic rings. The molecule has 0 bridgehead atoms. The Labute approximate surface area is 197 Å². The number of anilines is 1. The third-order valence-corrected chi connectivity index (χ3v) is 6.91. The summed E-state index contributed by atoms with van der Waals surface area (Å²) in [5.74, 6) is -0.202. The van der Waals surface area contributed by atoms with Crippen molar-refractivity contribution in [2.75, 3.05) is 5.32 Å². The number of fused-ring (bicyclic) bond motifs is 1. The SMILES string of the molecule is O=C1CCCC2=C1C(c1ccc(F)cc1)c1c(nc(SCc3ccc([N+](=O)[O-])cc3)[nH]c1=O)N2. The van der Waals surface area contributed by atoms with Gasteiger partial charge in [-0.1, -0.05) is 36.0 Å². The van der Waals surface area contributed by atoms with Crippen molar-refractivity contribution in [1.29, 1.82) is 0 Å². The first kappa shape index (κ1) is 22.0. The van der Waals surface area contributed by atoms with E-state index in [1.165, 1.54) is 36.0 Å². The Balaban J connectivity index is 1.50. The number of halogens is 1. The number of nitro groups is 1. The van der Waals surface area contributed by atoms with Gasteiger partial charge in [-0.2, -0.15) is 0 Å². The number of rotatable bonds is 5. The minimum absolute atomic E-state index is 0.0104. The molecule has 0 saturated heterocycles. The highest BCUT2D eigenvalue weighted by Gasteiger charge is 2.37. The lowest BCUT2D eigenvalue weighted by molar-refractivity contribution is -0.384. The molecule has 0 fully saturated rings. The summed E-state index contributed by atoms with van der Waals surface area (Å²) in [4.78, 5) is 43.8. The van der Waals surface area contributed by atoms with Crippen LogP contribution in [0.5, 0.6) is 0 Å². The Kier molecular flexibility index (Phi) is 5.74. The molecule has 10 heteroatoms. The number of carbonyl (C=O) groups is 1. The van der Waals surface area contributed by atoms with Gasteiger partial charge in [0.05, 0.1) is 10.5 Å². The molecular weight excluding hydrogens is 459 g/mol. The number of Topliss-reactive ketones (excluding diaryl/α,β-unsaturated/α-hetero) is 1. The van der Waals surface area contributed by atoms with E-state index < -0.39 is 16.7 Å². The summed E-state index contributed by atoms with van der Waals surface area (Å²) < 4.78 is 13.6. The number of benzene rings is 2. The van der Waals surface area contributed by atoms with Gasteiger partial charge in [-0.3, -0.25) is 19.7 Å². The average Bonchev–Trinajstić information content (AvgIpc) is 2.82. The third-order valence-electron chi connectivity index (χ3n) is 5.96. The molecule has 0 saturated carbocycles. The van der Waals surface area contributed by atoms with Crippen LogP contribution in [0.1, 0.15) is 41.9 Å². The van der Waals surface area contributed by atoms with E-state index in [9.17, 15) is 24.1 Å². The Morgan fingerprint density at radius 1 is 1.09 bits per heavy atom. The minimum atomic E-state index is -0.621. The fourth-order valence-electron chi connectivity index (χ4n) is 4.36. The maximum atomic E-state index is 13.6. The molecule has 34 heavy (non-hydrogen) atoms. The number of aromatic nitrogens is 2. The van der Waals surface area contributed by atoms with Crippen LogP contribution in [0.3, 0.4) is 0 Å². The van der Waals surface area contributed by atoms with Crippen LogP contribution in [-0.4, -0.2) is 20.7 Å². The monoisotopic (exact) mass is 478 g/mol. The summed E-state index contributed by atoms with van der Waals surface area (Å²) in [6.07, 6.45) is 1.78. The zero-order valence-corrected chi connectivity index (χ0v) is 18.7. The van der Waals surface area contributed by atoms with Crippen LogP contribution >= 0.6 is 11.8 Å². The van der Waals surface area contributed by atoms with Crippen molar-refractivity contribution in [2.45, 2.75) is 36.1 Å². The molecule has 2 heterocycles. The number of carbonyl (C=O) groups excluding carboxylic acids is 1. The number of non-ortho nitro benzene ring substituents is 1. The predicted molar refractivity (Wildman–Crippen MR) is 125 cm³/mol. The van der Waals surface area contributed by atoms with Crippen LogP contribution in [-0.2, 0) is 10.5 Å². The van der Waals surface area contributed by atoms with E-state index in [1.807, 2.05) is 0 Å². The van der Waals surface area contributed by atoms with Gasteiger partial charge in [0.25, 0.3) is 11.2 Å². The van der Waals surface area contributed by atoms with Gasteiger partial charge < -0.3 is 10.3 Å². The van der Waals surface area contributed by atoms with Gasteiger partial charge in [-0.15, -0.1) is 0 Å². The number of thioether (sulfide) groups is 1. The number of H-pyrrole nitrogens is 1. The van der Waals surface area contributed by atoms with Gasteiger partial charge >= 0.3 is 0 Å². The molecule has 2 N–H and O–H groups in total. The zero-order valence-electron chi connectivity index (χ0n) is 17.8.